The van der Waals surface area contributed by atoms with Crippen LogP contribution in [0.1, 0.15) is 23.3 Å². The number of aryl methyl sites for hydroxylation is 1. The third-order valence-electron chi connectivity index (χ3n) is 4.14. The summed E-state index contributed by atoms with van der Waals surface area (Å²) >= 11 is 1.64. The van der Waals surface area contributed by atoms with E-state index in [9.17, 15) is 8.42 Å². The fourth-order valence-corrected chi connectivity index (χ4v) is 4.69. The molecule has 5 nitrogen and oxygen atoms in total. The summed E-state index contributed by atoms with van der Waals surface area (Å²) in [5, 5.41) is 0.936. The average molecular weight is 351 g/mol. The highest BCUT2D eigenvalue weighted by molar-refractivity contribution is 7.88. The number of hydrogen-bond acceptors (Lipinski definition) is 5. The zero-order chi connectivity index (χ0) is 16.4. The van der Waals surface area contributed by atoms with E-state index < -0.39 is 10.0 Å². The number of sulfonamides is 1. The molecule has 0 spiro atoms. The van der Waals surface area contributed by atoms with E-state index in [4.69, 9.17) is 0 Å². The Balaban J connectivity index is 1.73. The molecule has 0 aliphatic carbocycles. The van der Waals surface area contributed by atoms with E-state index >= 15 is 0 Å². The summed E-state index contributed by atoms with van der Waals surface area (Å²) in [6, 6.07) is 4.10. The maximum Gasteiger partial charge on any atom is 0.211 e. The molecular weight excluding hydrogens is 330 g/mol. The Kier molecular flexibility index (Phi) is 4.79. The number of nitrogens with zero attached hydrogens (tertiary/aromatic N) is 3. The molecule has 0 aromatic carbocycles. The Labute approximate surface area is 141 Å². The second-order valence-electron chi connectivity index (χ2n) is 6.16. The van der Waals surface area contributed by atoms with Crippen molar-refractivity contribution in [3.8, 4) is 10.7 Å². The highest BCUT2D eigenvalue weighted by Crippen LogP contribution is 2.26. The molecule has 0 amide bonds. The lowest BCUT2D eigenvalue weighted by Gasteiger charge is -2.31. The lowest BCUT2D eigenvalue weighted by Crippen LogP contribution is -2.39. The Morgan fingerprint density at radius 3 is 2.91 bits per heavy atom. The molecule has 0 bridgehead atoms. The topological polar surface area (TPSA) is 63.2 Å². The Morgan fingerprint density at radius 2 is 2.22 bits per heavy atom. The molecule has 1 saturated heterocycles. The zero-order valence-electron chi connectivity index (χ0n) is 13.4. The van der Waals surface area contributed by atoms with E-state index in [-0.39, 0.29) is 0 Å². The molecule has 3 rings (SSSR count). The van der Waals surface area contributed by atoms with Gasteiger partial charge >= 0.3 is 0 Å². The van der Waals surface area contributed by atoms with Gasteiger partial charge in [0, 0.05) is 30.4 Å². The first-order valence-electron chi connectivity index (χ1n) is 7.74. The van der Waals surface area contributed by atoms with Gasteiger partial charge in [-0.3, -0.25) is 4.98 Å². The van der Waals surface area contributed by atoms with Gasteiger partial charge in [0.25, 0.3) is 0 Å². The summed E-state index contributed by atoms with van der Waals surface area (Å²) < 4.78 is 25.1. The van der Waals surface area contributed by atoms with Crippen LogP contribution in [0, 0.1) is 12.8 Å². The Bertz CT molecular complexity index is 786. The normalized spacial score (nSPS) is 19.8. The molecule has 0 unspecified atom stereocenters. The van der Waals surface area contributed by atoms with Crippen LogP contribution in [0.3, 0.4) is 0 Å². The van der Waals surface area contributed by atoms with Gasteiger partial charge in [-0.15, -0.1) is 11.3 Å². The molecule has 7 heteroatoms. The third kappa shape index (κ3) is 4.16. The van der Waals surface area contributed by atoms with Gasteiger partial charge in [0.05, 0.1) is 11.9 Å². The van der Waals surface area contributed by atoms with Crippen molar-refractivity contribution in [3.63, 3.8) is 0 Å². The lowest BCUT2D eigenvalue weighted by atomic mass is 9.92. The van der Waals surface area contributed by atoms with Crippen LogP contribution in [0.2, 0.25) is 0 Å². The number of piperidine rings is 1. The van der Waals surface area contributed by atoms with E-state index in [0.29, 0.717) is 19.0 Å². The number of aromatic nitrogens is 2. The summed E-state index contributed by atoms with van der Waals surface area (Å²) in [6.45, 7) is 3.30. The molecule has 1 aliphatic heterocycles. The fraction of sp³-hybridized carbons (Fsp3) is 0.500. The van der Waals surface area contributed by atoms with Gasteiger partial charge in [-0.05, 0) is 49.8 Å². The predicted octanol–water partition coefficient (Wildman–Crippen LogP) is 2.73. The molecule has 3 heterocycles. The Hall–Kier alpha value is -1.31. The molecule has 1 atom stereocenters. The molecular formula is C16H21N3O2S2. The number of thiazole rings is 1. The van der Waals surface area contributed by atoms with E-state index in [1.54, 1.807) is 15.6 Å². The van der Waals surface area contributed by atoms with Gasteiger partial charge in [0.15, 0.2) is 0 Å². The third-order valence-corrected chi connectivity index (χ3v) is 6.34. The van der Waals surface area contributed by atoms with E-state index in [2.05, 4.69) is 16.0 Å². The average Bonchev–Trinajstić information content (AvgIpc) is 2.94. The molecule has 0 N–H and O–H groups in total. The largest absolute Gasteiger partial charge is 0.254 e. The molecule has 23 heavy (non-hydrogen) atoms. The molecule has 2 aromatic rings. The molecule has 1 aliphatic rings. The SMILES string of the molecule is Cc1cnc(-c2cc(C[C@@H]3CCCN(S(C)(=O)=O)C3)ccn2)s1. The van der Waals surface area contributed by atoms with Gasteiger partial charge in [0.2, 0.25) is 10.0 Å². The van der Waals surface area contributed by atoms with Crippen LogP contribution in [0.15, 0.2) is 24.5 Å². The highest BCUT2D eigenvalue weighted by Gasteiger charge is 2.26. The second kappa shape index (κ2) is 6.67. The van der Waals surface area contributed by atoms with E-state index in [1.165, 1.54) is 16.7 Å². The number of hydrogen-bond donors (Lipinski definition) is 0. The van der Waals surface area contributed by atoms with Gasteiger partial charge in [-0.25, -0.2) is 17.7 Å². The van der Waals surface area contributed by atoms with Crippen LogP contribution in [-0.4, -0.2) is 42.0 Å². The van der Waals surface area contributed by atoms with Crippen molar-refractivity contribution in [2.75, 3.05) is 19.3 Å². The summed E-state index contributed by atoms with van der Waals surface area (Å²) in [5.41, 5.74) is 2.10. The van der Waals surface area contributed by atoms with Crippen molar-refractivity contribution in [3.05, 3.63) is 35.0 Å². The first-order chi connectivity index (χ1) is 10.9. The van der Waals surface area contributed by atoms with Crippen molar-refractivity contribution < 1.29 is 8.42 Å². The van der Waals surface area contributed by atoms with Crippen molar-refractivity contribution in [1.29, 1.82) is 0 Å². The fourth-order valence-electron chi connectivity index (χ4n) is 3.02. The van der Waals surface area contributed by atoms with Crippen LogP contribution in [0.5, 0.6) is 0 Å². The van der Waals surface area contributed by atoms with E-state index in [0.717, 1.165) is 30.0 Å². The minimum Gasteiger partial charge on any atom is -0.254 e. The number of pyridine rings is 1. The molecule has 1 fully saturated rings. The van der Waals surface area contributed by atoms with Gasteiger partial charge in [-0.1, -0.05) is 0 Å². The summed E-state index contributed by atoms with van der Waals surface area (Å²) in [5.74, 6) is 0.367. The molecule has 0 radical (unpaired) electrons. The van der Waals surface area contributed by atoms with Crippen LogP contribution in [-0.2, 0) is 16.4 Å². The van der Waals surface area contributed by atoms with Crippen LogP contribution in [0.25, 0.3) is 10.7 Å². The monoisotopic (exact) mass is 351 g/mol. The number of rotatable bonds is 4. The van der Waals surface area contributed by atoms with Gasteiger partial charge < -0.3 is 0 Å². The van der Waals surface area contributed by atoms with Crippen LogP contribution >= 0.6 is 11.3 Å². The Morgan fingerprint density at radius 1 is 1.39 bits per heavy atom. The maximum atomic E-state index is 11.7. The first kappa shape index (κ1) is 16.5. The summed E-state index contributed by atoms with van der Waals surface area (Å²) in [4.78, 5) is 9.97. The van der Waals surface area contributed by atoms with Crippen molar-refractivity contribution in [2.45, 2.75) is 26.2 Å². The highest BCUT2D eigenvalue weighted by atomic mass is 32.2. The first-order valence-corrected chi connectivity index (χ1v) is 10.4. The van der Waals surface area contributed by atoms with Crippen molar-refractivity contribution >= 4 is 21.4 Å². The standard InChI is InChI=1S/C16H21N3O2S2/c1-12-10-18-16(22-12)15-9-13(5-6-17-15)8-14-4-3-7-19(11-14)23(2,20)21/h5-6,9-10,14H,3-4,7-8,11H2,1-2H3/t14-/m0/s1. The molecule has 0 saturated carbocycles. The van der Waals surface area contributed by atoms with Gasteiger partial charge in [-0.2, -0.15) is 0 Å². The maximum absolute atomic E-state index is 11.7. The molecule has 124 valence electrons. The van der Waals surface area contributed by atoms with Crippen LogP contribution in [0.4, 0.5) is 0 Å². The minimum atomic E-state index is -3.09. The van der Waals surface area contributed by atoms with Crippen molar-refractivity contribution in [2.24, 2.45) is 5.92 Å². The minimum absolute atomic E-state index is 0.367. The lowest BCUT2D eigenvalue weighted by molar-refractivity contribution is 0.267. The smallest absolute Gasteiger partial charge is 0.211 e. The zero-order valence-corrected chi connectivity index (χ0v) is 15.0. The van der Waals surface area contributed by atoms with E-state index in [1.807, 2.05) is 25.4 Å². The van der Waals surface area contributed by atoms with Gasteiger partial charge in [0.1, 0.15) is 5.01 Å². The second-order valence-corrected chi connectivity index (χ2v) is 9.38. The predicted molar refractivity (Wildman–Crippen MR) is 92.9 cm³/mol. The summed E-state index contributed by atoms with van der Waals surface area (Å²) in [7, 11) is -3.09. The quantitative estimate of drug-likeness (QED) is 0.850. The summed E-state index contributed by atoms with van der Waals surface area (Å²) in [6.07, 6.45) is 7.86. The molecule has 2 aromatic heterocycles. The van der Waals surface area contributed by atoms with Crippen LogP contribution < -0.4 is 0 Å². The van der Waals surface area contributed by atoms with Crippen molar-refractivity contribution in [1.82, 2.24) is 14.3 Å².